The molecule has 0 radical (unpaired) electrons. The van der Waals surface area contributed by atoms with Crippen molar-refractivity contribution in [3.8, 4) is 6.07 Å². The Hall–Kier alpha value is -2.48. The molecule has 1 aliphatic rings. The van der Waals surface area contributed by atoms with Crippen LogP contribution in [0, 0.1) is 17.2 Å². The summed E-state index contributed by atoms with van der Waals surface area (Å²) in [7, 11) is 0. The standard InChI is InChI=1S/C14H12N2O3/c15-8-10-3-1-2-4-11(10)12(17)7-9-5-6-13(18)16-14(9)19/h1-4,9H,5-7H2,(H,16,18,19). The van der Waals surface area contributed by atoms with Crippen molar-refractivity contribution in [2.45, 2.75) is 19.3 Å². The minimum atomic E-state index is -0.489. The smallest absolute Gasteiger partial charge is 0.230 e. The molecule has 2 amide bonds. The Kier molecular flexibility index (Phi) is 3.71. The van der Waals surface area contributed by atoms with Crippen molar-refractivity contribution in [1.29, 1.82) is 5.26 Å². The highest BCUT2D eigenvalue weighted by Crippen LogP contribution is 2.20. The van der Waals surface area contributed by atoms with E-state index in [2.05, 4.69) is 5.32 Å². The normalized spacial score (nSPS) is 18.6. The maximum atomic E-state index is 12.1. The van der Waals surface area contributed by atoms with E-state index in [-0.39, 0.29) is 24.5 Å². The van der Waals surface area contributed by atoms with Gasteiger partial charge in [-0.25, -0.2) is 0 Å². The Bertz CT molecular complexity index is 587. The number of carbonyl (C=O) groups is 3. The zero-order valence-electron chi connectivity index (χ0n) is 10.2. The van der Waals surface area contributed by atoms with Crippen molar-refractivity contribution >= 4 is 17.6 Å². The summed E-state index contributed by atoms with van der Waals surface area (Å²) < 4.78 is 0. The number of piperidine rings is 1. The third-order valence-corrected chi connectivity index (χ3v) is 3.13. The maximum absolute atomic E-state index is 12.1. The number of hydrogen-bond acceptors (Lipinski definition) is 4. The molecule has 1 aromatic rings. The molecule has 0 bridgehead atoms. The van der Waals surface area contributed by atoms with E-state index in [9.17, 15) is 14.4 Å². The fourth-order valence-electron chi connectivity index (χ4n) is 2.09. The van der Waals surface area contributed by atoms with Crippen LogP contribution >= 0.6 is 0 Å². The molecule has 1 N–H and O–H groups in total. The van der Waals surface area contributed by atoms with Crippen LogP contribution in [-0.4, -0.2) is 17.6 Å². The zero-order chi connectivity index (χ0) is 13.8. The summed E-state index contributed by atoms with van der Waals surface area (Å²) in [4.78, 5) is 34.7. The molecule has 5 nitrogen and oxygen atoms in total. The van der Waals surface area contributed by atoms with Crippen molar-refractivity contribution in [1.82, 2.24) is 5.32 Å². The lowest BCUT2D eigenvalue weighted by Crippen LogP contribution is -2.41. The second-order valence-corrected chi connectivity index (χ2v) is 4.43. The third-order valence-electron chi connectivity index (χ3n) is 3.13. The Morgan fingerprint density at radius 2 is 2.11 bits per heavy atom. The molecular weight excluding hydrogens is 244 g/mol. The minimum Gasteiger partial charge on any atom is -0.296 e. The Labute approximate surface area is 110 Å². The van der Waals surface area contributed by atoms with Gasteiger partial charge in [0.25, 0.3) is 0 Å². The summed E-state index contributed by atoms with van der Waals surface area (Å²) >= 11 is 0. The second-order valence-electron chi connectivity index (χ2n) is 4.43. The number of nitriles is 1. The van der Waals surface area contributed by atoms with Gasteiger partial charge in [-0.05, 0) is 12.5 Å². The van der Waals surface area contributed by atoms with Gasteiger partial charge in [0.1, 0.15) is 0 Å². The summed E-state index contributed by atoms with van der Waals surface area (Å²) in [5.74, 6) is -1.44. The zero-order valence-corrected chi connectivity index (χ0v) is 10.2. The Balaban J connectivity index is 2.11. The number of ketones is 1. The predicted octanol–water partition coefficient (Wildman–Crippen LogP) is 1.18. The minimum absolute atomic E-state index is 0.0256. The number of rotatable bonds is 3. The van der Waals surface area contributed by atoms with Gasteiger partial charge in [0.2, 0.25) is 11.8 Å². The van der Waals surface area contributed by atoms with Crippen LogP contribution in [0.5, 0.6) is 0 Å². The average Bonchev–Trinajstić information content (AvgIpc) is 2.41. The third kappa shape index (κ3) is 2.86. The van der Waals surface area contributed by atoms with Crippen LogP contribution in [0.2, 0.25) is 0 Å². The first-order valence-electron chi connectivity index (χ1n) is 5.98. The molecule has 2 rings (SSSR count). The highest BCUT2D eigenvalue weighted by Gasteiger charge is 2.29. The summed E-state index contributed by atoms with van der Waals surface area (Å²) in [5.41, 5.74) is 0.634. The molecule has 0 spiro atoms. The van der Waals surface area contributed by atoms with Gasteiger partial charge in [-0.15, -0.1) is 0 Å². The number of Topliss-reactive ketones (excluding diaryl/α,β-unsaturated/α-hetero) is 1. The molecule has 0 saturated carbocycles. The number of hydrogen-bond donors (Lipinski definition) is 1. The molecule has 1 heterocycles. The largest absolute Gasteiger partial charge is 0.296 e. The number of imide groups is 1. The number of carbonyl (C=O) groups excluding carboxylic acids is 3. The highest BCUT2D eigenvalue weighted by atomic mass is 16.2. The molecule has 96 valence electrons. The Morgan fingerprint density at radius 3 is 2.79 bits per heavy atom. The lowest BCUT2D eigenvalue weighted by molar-refractivity contribution is -0.136. The number of benzene rings is 1. The van der Waals surface area contributed by atoms with Crippen molar-refractivity contribution < 1.29 is 14.4 Å². The molecule has 1 aliphatic heterocycles. The first-order chi connectivity index (χ1) is 9.11. The van der Waals surface area contributed by atoms with Crippen LogP contribution in [0.1, 0.15) is 35.2 Å². The fraction of sp³-hybridized carbons (Fsp3) is 0.286. The highest BCUT2D eigenvalue weighted by molar-refractivity contribution is 6.04. The van der Waals surface area contributed by atoms with E-state index in [1.165, 1.54) is 0 Å². The summed E-state index contributed by atoms with van der Waals surface area (Å²) in [6.45, 7) is 0. The van der Waals surface area contributed by atoms with Gasteiger partial charge in [-0.3, -0.25) is 19.7 Å². The molecule has 1 atom stereocenters. The molecule has 0 aliphatic carbocycles. The predicted molar refractivity (Wildman–Crippen MR) is 66.0 cm³/mol. The van der Waals surface area contributed by atoms with Gasteiger partial charge >= 0.3 is 0 Å². The molecule has 5 heteroatoms. The number of nitrogens with zero attached hydrogens (tertiary/aromatic N) is 1. The van der Waals surface area contributed by atoms with Crippen LogP contribution < -0.4 is 5.32 Å². The molecule has 1 aromatic carbocycles. The summed E-state index contributed by atoms with van der Waals surface area (Å²) in [5, 5.41) is 11.2. The van der Waals surface area contributed by atoms with Gasteiger partial charge in [0.15, 0.2) is 5.78 Å². The van der Waals surface area contributed by atoms with Crippen LogP contribution in [0.4, 0.5) is 0 Å². The van der Waals surface area contributed by atoms with Gasteiger partial charge < -0.3 is 0 Å². The van der Waals surface area contributed by atoms with Crippen LogP contribution in [-0.2, 0) is 9.59 Å². The van der Waals surface area contributed by atoms with Crippen LogP contribution in [0.3, 0.4) is 0 Å². The Morgan fingerprint density at radius 1 is 1.37 bits per heavy atom. The first kappa shape index (κ1) is 13.0. The van der Waals surface area contributed by atoms with E-state index in [4.69, 9.17) is 5.26 Å². The van der Waals surface area contributed by atoms with Gasteiger partial charge in [0.05, 0.1) is 11.6 Å². The quantitative estimate of drug-likeness (QED) is 0.650. The first-order valence-corrected chi connectivity index (χ1v) is 5.98. The monoisotopic (exact) mass is 256 g/mol. The SMILES string of the molecule is N#Cc1ccccc1C(=O)CC1CCC(=O)NC1=O. The molecule has 1 unspecified atom stereocenters. The van der Waals surface area contributed by atoms with Gasteiger partial charge in [0, 0.05) is 24.3 Å². The van der Waals surface area contributed by atoms with E-state index in [0.29, 0.717) is 17.5 Å². The maximum Gasteiger partial charge on any atom is 0.230 e. The molecule has 1 saturated heterocycles. The van der Waals surface area contributed by atoms with E-state index >= 15 is 0 Å². The molecule has 19 heavy (non-hydrogen) atoms. The van der Waals surface area contributed by atoms with E-state index < -0.39 is 11.8 Å². The topological polar surface area (TPSA) is 87.0 Å². The van der Waals surface area contributed by atoms with Gasteiger partial charge in [-0.2, -0.15) is 5.26 Å². The lowest BCUT2D eigenvalue weighted by Gasteiger charge is -2.20. The van der Waals surface area contributed by atoms with Crippen molar-refractivity contribution in [2.24, 2.45) is 5.92 Å². The van der Waals surface area contributed by atoms with E-state index in [1.54, 1.807) is 24.3 Å². The molecular formula is C14H12N2O3. The van der Waals surface area contributed by atoms with Crippen molar-refractivity contribution in [2.75, 3.05) is 0 Å². The lowest BCUT2D eigenvalue weighted by atomic mass is 9.90. The number of amides is 2. The number of nitrogens with one attached hydrogen (secondary N) is 1. The second kappa shape index (κ2) is 5.44. The van der Waals surface area contributed by atoms with E-state index in [1.807, 2.05) is 6.07 Å². The van der Waals surface area contributed by atoms with Crippen molar-refractivity contribution in [3.05, 3.63) is 35.4 Å². The molecule has 1 fully saturated rings. The summed E-state index contributed by atoms with van der Waals surface area (Å²) in [6.07, 6.45) is 0.659. The fourth-order valence-corrected chi connectivity index (χ4v) is 2.09. The van der Waals surface area contributed by atoms with Crippen LogP contribution in [0.25, 0.3) is 0 Å². The van der Waals surface area contributed by atoms with E-state index in [0.717, 1.165) is 0 Å². The van der Waals surface area contributed by atoms with Crippen molar-refractivity contribution in [3.63, 3.8) is 0 Å². The van der Waals surface area contributed by atoms with Crippen LogP contribution in [0.15, 0.2) is 24.3 Å². The average molecular weight is 256 g/mol. The van der Waals surface area contributed by atoms with Gasteiger partial charge in [-0.1, -0.05) is 18.2 Å². The molecule has 0 aromatic heterocycles. The summed E-state index contributed by atoms with van der Waals surface area (Å²) in [6, 6.07) is 8.46.